The van der Waals surface area contributed by atoms with Gasteiger partial charge in [-0.15, -0.1) is 0 Å². The molecule has 18 heavy (non-hydrogen) atoms. The molecule has 0 saturated heterocycles. The van der Waals surface area contributed by atoms with Crippen molar-refractivity contribution in [3.05, 3.63) is 45.9 Å². The van der Waals surface area contributed by atoms with E-state index in [0.29, 0.717) is 23.6 Å². The first-order chi connectivity index (χ1) is 8.58. The monoisotopic (exact) mass is 246 g/mol. The maximum absolute atomic E-state index is 11.1. The fourth-order valence-electron chi connectivity index (χ4n) is 1.99. The summed E-state index contributed by atoms with van der Waals surface area (Å²) in [5, 5.41) is 14.1. The first kappa shape index (κ1) is 12.2. The van der Waals surface area contributed by atoms with Crippen LogP contribution in [0.4, 0.5) is 5.82 Å². The lowest BCUT2D eigenvalue weighted by atomic mass is 10.0. The van der Waals surface area contributed by atoms with Crippen molar-refractivity contribution in [1.82, 2.24) is 10.3 Å². The van der Waals surface area contributed by atoms with Gasteiger partial charge in [-0.1, -0.05) is 6.07 Å². The lowest BCUT2D eigenvalue weighted by molar-refractivity contribution is -0.417. The van der Waals surface area contributed by atoms with E-state index in [1.165, 1.54) is 0 Å². The zero-order valence-corrected chi connectivity index (χ0v) is 10.3. The van der Waals surface area contributed by atoms with E-state index in [-0.39, 0.29) is 11.7 Å². The van der Waals surface area contributed by atoms with Crippen molar-refractivity contribution in [2.45, 2.75) is 26.3 Å². The van der Waals surface area contributed by atoms with Gasteiger partial charge in [-0.25, -0.2) is 9.98 Å². The highest BCUT2D eigenvalue weighted by atomic mass is 16.6. The summed E-state index contributed by atoms with van der Waals surface area (Å²) in [7, 11) is 0. The molecule has 0 amide bonds. The van der Waals surface area contributed by atoms with Crippen LogP contribution < -0.4 is 5.32 Å². The Morgan fingerprint density at radius 1 is 1.56 bits per heavy atom. The van der Waals surface area contributed by atoms with Gasteiger partial charge in [0.05, 0.1) is 10.6 Å². The zero-order valence-electron chi connectivity index (χ0n) is 10.3. The molecule has 0 aromatic carbocycles. The van der Waals surface area contributed by atoms with Gasteiger partial charge in [0.1, 0.15) is 5.71 Å². The van der Waals surface area contributed by atoms with E-state index < -0.39 is 4.92 Å². The van der Waals surface area contributed by atoms with Crippen LogP contribution in [-0.4, -0.2) is 21.7 Å². The molecule has 0 bridgehead atoms. The Bertz CT molecular complexity index is 522. The van der Waals surface area contributed by atoms with Crippen LogP contribution >= 0.6 is 0 Å². The molecule has 2 rings (SSSR count). The Labute approximate surface area is 105 Å². The Morgan fingerprint density at radius 2 is 2.33 bits per heavy atom. The van der Waals surface area contributed by atoms with E-state index in [2.05, 4.69) is 15.3 Å². The van der Waals surface area contributed by atoms with Crippen LogP contribution in [0.25, 0.3) is 0 Å². The number of allylic oxidation sites excluding steroid dienone is 2. The second-order valence-electron chi connectivity index (χ2n) is 4.23. The molecule has 1 aromatic heterocycles. The summed E-state index contributed by atoms with van der Waals surface area (Å²) in [6.45, 7) is 3.66. The maximum Gasteiger partial charge on any atom is 0.309 e. The molecule has 0 spiro atoms. The summed E-state index contributed by atoms with van der Waals surface area (Å²) in [5.74, 6) is 0.494. The quantitative estimate of drug-likeness (QED) is 0.639. The van der Waals surface area contributed by atoms with Crippen molar-refractivity contribution in [3.8, 4) is 0 Å². The lowest BCUT2D eigenvalue weighted by Crippen LogP contribution is -2.36. The second kappa shape index (κ2) is 4.95. The largest absolute Gasteiger partial charge is 0.380 e. The molecule has 6 heteroatoms. The molecular formula is C12H14N4O2. The third-order valence-electron chi connectivity index (χ3n) is 2.67. The van der Waals surface area contributed by atoms with E-state index in [0.717, 1.165) is 0 Å². The Kier molecular flexibility index (Phi) is 3.36. The summed E-state index contributed by atoms with van der Waals surface area (Å²) in [6, 6.07) is 5.45. The van der Waals surface area contributed by atoms with E-state index in [4.69, 9.17) is 0 Å². The summed E-state index contributed by atoms with van der Waals surface area (Å²) >= 11 is 0. The van der Waals surface area contributed by atoms with Crippen LogP contribution in [-0.2, 0) is 0 Å². The van der Waals surface area contributed by atoms with Crippen molar-refractivity contribution >= 4 is 11.5 Å². The zero-order chi connectivity index (χ0) is 13.1. The Hall–Kier alpha value is -2.24. The molecule has 1 aromatic rings. The predicted octanol–water partition coefficient (Wildman–Crippen LogP) is 2.04. The first-order valence-electron chi connectivity index (χ1n) is 5.68. The average Bonchev–Trinajstić information content (AvgIpc) is 2.28. The van der Waals surface area contributed by atoms with Gasteiger partial charge in [-0.3, -0.25) is 10.1 Å². The molecule has 0 radical (unpaired) electrons. The van der Waals surface area contributed by atoms with Crippen molar-refractivity contribution in [2.24, 2.45) is 4.99 Å². The van der Waals surface area contributed by atoms with Gasteiger partial charge in [0.25, 0.3) is 0 Å². The van der Waals surface area contributed by atoms with Crippen molar-refractivity contribution < 1.29 is 4.92 Å². The summed E-state index contributed by atoms with van der Waals surface area (Å²) in [4.78, 5) is 19.0. The standard InChI is InChI=1S/C12H14N4O2/c1-8-7-10(12(16(17)18)9(2)14-8)15-11-5-3-4-6-13-11/h3-6,8,14H,7H2,1-2H3. The minimum atomic E-state index is -0.393. The highest BCUT2D eigenvalue weighted by Crippen LogP contribution is 2.19. The van der Waals surface area contributed by atoms with Crippen molar-refractivity contribution in [1.29, 1.82) is 0 Å². The number of rotatable bonds is 2. The molecule has 0 fully saturated rings. The molecule has 6 nitrogen and oxygen atoms in total. The third kappa shape index (κ3) is 2.53. The van der Waals surface area contributed by atoms with Crippen molar-refractivity contribution in [2.75, 3.05) is 0 Å². The van der Waals surface area contributed by atoms with Gasteiger partial charge in [0.15, 0.2) is 5.82 Å². The minimum Gasteiger partial charge on any atom is -0.380 e. The predicted molar refractivity (Wildman–Crippen MR) is 68.2 cm³/mol. The third-order valence-corrected chi connectivity index (χ3v) is 2.67. The smallest absolute Gasteiger partial charge is 0.309 e. The highest BCUT2D eigenvalue weighted by molar-refractivity contribution is 6.01. The molecule has 1 N–H and O–H groups in total. The van der Waals surface area contributed by atoms with E-state index in [1.54, 1.807) is 31.3 Å². The summed E-state index contributed by atoms with van der Waals surface area (Å²) in [6.07, 6.45) is 2.14. The molecule has 1 aliphatic heterocycles. The number of pyridine rings is 1. The number of hydrogen-bond donors (Lipinski definition) is 1. The van der Waals surface area contributed by atoms with Crippen molar-refractivity contribution in [3.63, 3.8) is 0 Å². The van der Waals surface area contributed by atoms with Crippen LogP contribution in [0, 0.1) is 10.1 Å². The highest BCUT2D eigenvalue weighted by Gasteiger charge is 2.29. The topological polar surface area (TPSA) is 80.4 Å². The van der Waals surface area contributed by atoms with Gasteiger partial charge in [0, 0.05) is 18.7 Å². The molecule has 1 unspecified atom stereocenters. The van der Waals surface area contributed by atoms with Gasteiger partial charge in [-0.05, 0) is 26.0 Å². The molecule has 1 aliphatic rings. The summed E-state index contributed by atoms with van der Waals surface area (Å²) < 4.78 is 0. The normalized spacial score (nSPS) is 21.9. The first-order valence-corrected chi connectivity index (χ1v) is 5.68. The van der Waals surface area contributed by atoms with E-state index in [9.17, 15) is 10.1 Å². The van der Waals surface area contributed by atoms with Gasteiger partial charge in [-0.2, -0.15) is 0 Å². The fourth-order valence-corrected chi connectivity index (χ4v) is 1.99. The SMILES string of the molecule is CC1=C([N+](=O)[O-])C(=Nc2ccccn2)CC(C)N1. The van der Waals surface area contributed by atoms with Crippen LogP contribution in [0.3, 0.4) is 0 Å². The van der Waals surface area contributed by atoms with Gasteiger partial charge < -0.3 is 5.32 Å². The molecule has 0 saturated carbocycles. The van der Waals surface area contributed by atoms with Crippen LogP contribution in [0.5, 0.6) is 0 Å². The molecule has 0 aliphatic carbocycles. The number of nitro groups is 1. The Morgan fingerprint density at radius 3 is 2.94 bits per heavy atom. The van der Waals surface area contributed by atoms with Gasteiger partial charge >= 0.3 is 5.70 Å². The average molecular weight is 246 g/mol. The molecule has 2 heterocycles. The van der Waals surface area contributed by atoms with Gasteiger partial charge in [0.2, 0.25) is 0 Å². The number of aromatic nitrogens is 1. The Balaban J connectivity index is 2.44. The van der Waals surface area contributed by atoms with Crippen LogP contribution in [0.15, 0.2) is 40.8 Å². The maximum atomic E-state index is 11.1. The minimum absolute atomic E-state index is 0.0544. The lowest BCUT2D eigenvalue weighted by Gasteiger charge is -2.21. The second-order valence-corrected chi connectivity index (χ2v) is 4.23. The fraction of sp³-hybridized carbons (Fsp3) is 0.333. The number of nitrogens with zero attached hydrogens (tertiary/aromatic N) is 3. The number of hydrogen-bond acceptors (Lipinski definition) is 5. The molecular weight excluding hydrogens is 232 g/mol. The van der Waals surface area contributed by atoms with Crippen LogP contribution in [0.2, 0.25) is 0 Å². The molecule has 1 atom stereocenters. The van der Waals surface area contributed by atoms with E-state index in [1.807, 2.05) is 6.92 Å². The van der Waals surface area contributed by atoms with E-state index >= 15 is 0 Å². The number of aliphatic imine (C=N–C) groups is 1. The number of nitrogens with one attached hydrogen (secondary N) is 1. The van der Waals surface area contributed by atoms with Crippen LogP contribution in [0.1, 0.15) is 20.3 Å². The summed E-state index contributed by atoms with van der Waals surface area (Å²) in [5.41, 5.74) is 1.08. The molecule has 94 valence electrons.